The highest BCUT2D eigenvalue weighted by Gasteiger charge is 2.02. The van der Waals surface area contributed by atoms with Gasteiger partial charge in [-0.3, -0.25) is 4.79 Å². The van der Waals surface area contributed by atoms with Crippen molar-refractivity contribution >= 4 is 29.4 Å². The van der Waals surface area contributed by atoms with Crippen LogP contribution in [0.1, 0.15) is 15.9 Å². The Labute approximate surface area is 132 Å². The van der Waals surface area contributed by atoms with Crippen LogP contribution in [0.25, 0.3) is 6.08 Å². The average molecular weight is 317 g/mol. The van der Waals surface area contributed by atoms with E-state index in [-0.39, 0.29) is 12.4 Å². The third kappa shape index (κ3) is 4.75. The monoisotopic (exact) mass is 316 g/mol. The van der Waals surface area contributed by atoms with Crippen LogP contribution in [0.4, 0.5) is 0 Å². The highest BCUT2D eigenvalue weighted by atomic mass is 35.5. The molecule has 0 saturated heterocycles. The number of allylic oxidation sites excluding steroid dienone is 1. The maximum absolute atomic E-state index is 12.0. The molecule has 0 amide bonds. The van der Waals surface area contributed by atoms with Crippen molar-refractivity contribution in [3.63, 3.8) is 0 Å². The Hall–Kier alpha value is -2.59. The molecular formula is C17H13ClO4. The first kappa shape index (κ1) is 15.8. The molecule has 0 atom stereocenters. The van der Waals surface area contributed by atoms with E-state index in [1.807, 2.05) is 0 Å². The molecule has 0 aliphatic carbocycles. The largest absolute Gasteiger partial charge is 0.482 e. The maximum atomic E-state index is 12.0. The molecule has 0 radical (unpaired) electrons. The van der Waals surface area contributed by atoms with Gasteiger partial charge in [-0.05, 0) is 48.0 Å². The van der Waals surface area contributed by atoms with Crippen molar-refractivity contribution in [3.05, 3.63) is 70.8 Å². The number of carbonyl (C=O) groups is 2. The van der Waals surface area contributed by atoms with Crippen molar-refractivity contribution in [1.29, 1.82) is 0 Å². The van der Waals surface area contributed by atoms with Crippen molar-refractivity contribution in [3.8, 4) is 5.75 Å². The van der Waals surface area contributed by atoms with Gasteiger partial charge in [-0.15, -0.1) is 0 Å². The van der Waals surface area contributed by atoms with Crippen LogP contribution in [-0.4, -0.2) is 23.5 Å². The van der Waals surface area contributed by atoms with E-state index in [2.05, 4.69) is 0 Å². The molecule has 22 heavy (non-hydrogen) atoms. The molecule has 1 N–H and O–H groups in total. The molecule has 112 valence electrons. The molecule has 0 bridgehead atoms. The zero-order chi connectivity index (χ0) is 15.9. The lowest BCUT2D eigenvalue weighted by Crippen LogP contribution is -2.09. The summed E-state index contributed by atoms with van der Waals surface area (Å²) in [6.45, 7) is -0.385. The topological polar surface area (TPSA) is 63.6 Å². The summed E-state index contributed by atoms with van der Waals surface area (Å²) in [6, 6.07) is 13.4. The van der Waals surface area contributed by atoms with Gasteiger partial charge in [0.1, 0.15) is 5.75 Å². The first-order chi connectivity index (χ1) is 10.5. The number of carbonyl (C=O) groups excluding carboxylic acids is 1. The van der Waals surface area contributed by atoms with Crippen LogP contribution in [-0.2, 0) is 4.79 Å². The van der Waals surface area contributed by atoms with Gasteiger partial charge in [0.05, 0.1) is 0 Å². The van der Waals surface area contributed by atoms with Gasteiger partial charge in [-0.25, -0.2) is 4.79 Å². The third-order valence-corrected chi connectivity index (χ3v) is 3.05. The molecule has 2 aromatic rings. The lowest BCUT2D eigenvalue weighted by Gasteiger charge is -2.02. The third-order valence-electron chi connectivity index (χ3n) is 2.80. The van der Waals surface area contributed by atoms with Crippen molar-refractivity contribution in [2.45, 2.75) is 0 Å². The Kier molecular flexibility index (Phi) is 5.33. The summed E-state index contributed by atoms with van der Waals surface area (Å²) in [7, 11) is 0. The van der Waals surface area contributed by atoms with E-state index in [1.165, 1.54) is 6.08 Å². The van der Waals surface area contributed by atoms with Crippen LogP contribution in [0.2, 0.25) is 5.02 Å². The Morgan fingerprint density at radius 3 is 2.27 bits per heavy atom. The van der Waals surface area contributed by atoms with Crippen LogP contribution >= 0.6 is 11.6 Å². The molecule has 0 unspecified atom stereocenters. The lowest BCUT2D eigenvalue weighted by atomic mass is 10.1. The van der Waals surface area contributed by atoms with E-state index in [0.29, 0.717) is 16.3 Å². The number of aliphatic carboxylic acids is 1. The summed E-state index contributed by atoms with van der Waals surface area (Å²) in [5, 5.41) is 9.10. The van der Waals surface area contributed by atoms with E-state index in [4.69, 9.17) is 21.4 Å². The molecule has 5 heteroatoms. The Morgan fingerprint density at radius 1 is 1.05 bits per heavy atom. The zero-order valence-electron chi connectivity index (χ0n) is 11.5. The van der Waals surface area contributed by atoms with Gasteiger partial charge in [-0.1, -0.05) is 29.8 Å². The lowest BCUT2D eigenvalue weighted by molar-refractivity contribution is -0.139. The summed E-state index contributed by atoms with van der Waals surface area (Å²) >= 11 is 5.77. The Balaban J connectivity index is 1.99. The number of carboxylic acids is 1. The van der Waals surface area contributed by atoms with Gasteiger partial charge in [0.15, 0.2) is 12.4 Å². The minimum Gasteiger partial charge on any atom is -0.482 e. The number of rotatable bonds is 6. The van der Waals surface area contributed by atoms with Gasteiger partial charge in [0.25, 0.3) is 0 Å². The van der Waals surface area contributed by atoms with E-state index in [9.17, 15) is 9.59 Å². The van der Waals surface area contributed by atoms with E-state index < -0.39 is 5.97 Å². The highest BCUT2D eigenvalue weighted by molar-refractivity contribution is 6.30. The van der Waals surface area contributed by atoms with Gasteiger partial charge < -0.3 is 9.84 Å². The molecule has 0 aromatic heterocycles. The normalized spacial score (nSPS) is 10.6. The van der Waals surface area contributed by atoms with Gasteiger partial charge in [-0.2, -0.15) is 0 Å². The number of hydrogen-bond donors (Lipinski definition) is 1. The SMILES string of the molecule is O=C(O)COc1ccc(C=CC(=O)c2ccc(Cl)cc2)cc1. The average Bonchev–Trinajstić information content (AvgIpc) is 2.52. The second-order valence-corrected chi connectivity index (χ2v) is 4.89. The molecule has 4 nitrogen and oxygen atoms in total. The molecule has 0 spiro atoms. The molecule has 0 heterocycles. The van der Waals surface area contributed by atoms with Gasteiger partial charge in [0.2, 0.25) is 0 Å². The second-order valence-electron chi connectivity index (χ2n) is 4.46. The smallest absolute Gasteiger partial charge is 0.341 e. The molecule has 0 fully saturated rings. The van der Waals surface area contributed by atoms with Crippen LogP contribution in [0.15, 0.2) is 54.6 Å². The van der Waals surface area contributed by atoms with Crippen molar-refractivity contribution in [1.82, 2.24) is 0 Å². The van der Waals surface area contributed by atoms with E-state index in [1.54, 1.807) is 54.6 Å². The predicted octanol–water partition coefficient (Wildman–Crippen LogP) is 3.70. The molecule has 2 aromatic carbocycles. The summed E-state index contributed by atoms with van der Waals surface area (Å²) < 4.78 is 5.03. The Bertz CT molecular complexity index is 688. The quantitative estimate of drug-likeness (QED) is 0.652. The number of halogens is 1. The van der Waals surface area contributed by atoms with Crippen LogP contribution in [0.5, 0.6) is 5.75 Å². The predicted molar refractivity (Wildman–Crippen MR) is 84.4 cm³/mol. The fourth-order valence-corrected chi connectivity index (χ4v) is 1.83. The highest BCUT2D eigenvalue weighted by Crippen LogP contribution is 2.14. The summed E-state index contributed by atoms with van der Waals surface area (Å²) in [6.07, 6.45) is 3.15. The van der Waals surface area contributed by atoms with E-state index >= 15 is 0 Å². The van der Waals surface area contributed by atoms with Crippen LogP contribution in [0.3, 0.4) is 0 Å². The number of carboxylic acid groups (broad SMARTS) is 1. The fraction of sp³-hybridized carbons (Fsp3) is 0.0588. The van der Waals surface area contributed by atoms with Crippen molar-refractivity contribution in [2.75, 3.05) is 6.61 Å². The maximum Gasteiger partial charge on any atom is 0.341 e. The second kappa shape index (κ2) is 7.43. The fourth-order valence-electron chi connectivity index (χ4n) is 1.70. The minimum absolute atomic E-state index is 0.122. The summed E-state index contributed by atoms with van der Waals surface area (Å²) in [5.74, 6) is -0.691. The number of benzene rings is 2. The zero-order valence-corrected chi connectivity index (χ0v) is 12.3. The Morgan fingerprint density at radius 2 is 1.68 bits per heavy atom. The number of hydrogen-bond acceptors (Lipinski definition) is 3. The van der Waals surface area contributed by atoms with Gasteiger partial charge >= 0.3 is 5.97 Å². The first-order valence-corrected chi connectivity index (χ1v) is 6.85. The minimum atomic E-state index is -1.03. The van der Waals surface area contributed by atoms with Crippen molar-refractivity contribution < 1.29 is 19.4 Å². The van der Waals surface area contributed by atoms with Crippen molar-refractivity contribution in [2.24, 2.45) is 0 Å². The standard InChI is InChI=1S/C17H13ClO4/c18-14-6-4-13(5-7-14)16(19)10-3-12-1-8-15(9-2-12)22-11-17(20)21/h1-10H,11H2,(H,20,21). The van der Waals surface area contributed by atoms with Crippen LogP contribution < -0.4 is 4.74 Å². The molecule has 0 aliphatic rings. The van der Waals surface area contributed by atoms with Gasteiger partial charge in [0, 0.05) is 10.6 Å². The van der Waals surface area contributed by atoms with E-state index in [0.717, 1.165) is 5.56 Å². The molecule has 0 aliphatic heterocycles. The molecule has 0 saturated carbocycles. The first-order valence-electron chi connectivity index (χ1n) is 6.47. The summed E-state index contributed by atoms with van der Waals surface area (Å²) in [4.78, 5) is 22.3. The molecular weight excluding hydrogens is 304 g/mol. The van der Waals surface area contributed by atoms with Crippen LogP contribution in [0, 0.1) is 0 Å². The summed E-state index contributed by atoms with van der Waals surface area (Å²) in [5.41, 5.74) is 1.37. The number of ketones is 1. The number of ether oxygens (including phenoxy) is 1. The molecule has 2 rings (SSSR count).